The van der Waals surface area contributed by atoms with Crippen LogP contribution in [0, 0.1) is 11.3 Å². The summed E-state index contributed by atoms with van der Waals surface area (Å²) < 4.78 is 0. The minimum Gasteiger partial charge on any atom is -0.480 e. The van der Waals surface area contributed by atoms with E-state index in [1.54, 1.807) is 0 Å². The first-order chi connectivity index (χ1) is 8.54. The number of carboxylic acid groups (broad SMARTS) is 1. The van der Waals surface area contributed by atoms with Gasteiger partial charge in [-0.25, -0.2) is 4.79 Å². The van der Waals surface area contributed by atoms with E-state index >= 15 is 0 Å². The zero-order valence-corrected chi connectivity index (χ0v) is 11.9. The molecule has 110 valence electrons. The molecule has 1 atom stereocenters. The Balaban J connectivity index is 4.48. The maximum absolute atomic E-state index is 11.8. The lowest BCUT2D eigenvalue weighted by atomic mass is 9.82. The molecule has 0 bridgehead atoms. The minimum atomic E-state index is -1.19. The Morgan fingerprint density at radius 2 is 1.79 bits per heavy atom. The van der Waals surface area contributed by atoms with Gasteiger partial charge in [-0.2, -0.15) is 0 Å². The lowest BCUT2D eigenvalue weighted by Crippen LogP contribution is -2.48. The summed E-state index contributed by atoms with van der Waals surface area (Å²) >= 11 is 0. The van der Waals surface area contributed by atoms with Gasteiger partial charge >= 0.3 is 12.0 Å². The van der Waals surface area contributed by atoms with Crippen molar-refractivity contribution in [1.82, 2.24) is 10.2 Å². The molecule has 0 aromatic heterocycles. The summed E-state index contributed by atoms with van der Waals surface area (Å²) in [5.74, 6) is -1.74. The largest absolute Gasteiger partial charge is 0.480 e. The van der Waals surface area contributed by atoms with Gasteiger partial charge in [0.15, 0.2) is 0 Å². The van der Waals surface area contributed by atoms with Gasteiger partial charge in [-0.3, -0.25) is 9.59 Å². The minimum absolute atomic E-state index is 0.0224. The number of urea groups is 1. The first kappa shape index (κ1) is 17.2. The quantitative estimate of drug-likeness (QED) is 0.643. The number of amides is 3. The molecule has 0 spiro atoms. The maximum atomic E-state index is 11.8. The summed E-state index contributed by atoms with van der Waals surface area (Å²) in [6.07, 6.45) is 0. The molecule has 19 heavy (non-hydrogen) atoms. The molecule has 1 unspecified atom stereocenters. The average Bonchev–Trinajstić information content (AvgIpc) is 2.21. The zero-order valence-electron chi connectivity index (χ0n) is 11.9. The fraction of sp³-hybridized carbons (Fsp3) is 0.750. The van der Waals surface area contributed by atoms with Crippen molar-refractivity contribution in [2.75, 3.05) is 19.6 Å². The van der Waals surface area contributed by atoms with Crippen LogP contribution in [0.25, 0.3) is 0 Å². The molecule has 0 aromatic carbocycles. The Morgan fingerprint density at radius 1 is 1.26 bits per heavy atom. The van der Waals surface area contributed by atoms with Crippen LogP contribution in [0.2, 0.25) is 0 Å². The third-order valence-corrected chi connectivity index (χ3v) is 3.00. The molecular formula is C12H23N3O4. The Labute approximate surface area is 113 Å². The highest BCUT2D eigenvalue weighted by atomic mass is 16.4. The highest BCUT2D eigenvalue weighted by molar-refractivity contribution is 5.85. The number of aliphatic carboxylic acids is 1. The fourth-order valence-electron chi connectivity index (χ4n) is 1.21. The molecule has 0 aliphatic rings. The summed E-state index contributed by atoms with van der Waals surface area (Å²) in [7, 11) is 0. The molecule has 0 aromatic rings. The van der Waals surface area contributed by atoms with Crippen LogP contribution in [0.15, 0.2) is 0 Å². The van der Waals surface area contributed by atoms with Crippen molar-refractivity contribution in [3.8, 4) is 0 Å². The lowest BCUT2D eigenvalue weighted by Gasteiger charge is -2.28. The standard InChI is InChI=1S/C12H23N3O4/c1-8(12(2,3)4)5-14-11(19)15(6-9(13)16)7-10(17)18/h8H,5-7H2,1-4H3,(H2,13,16)(H,14,19)(H,17,18). The highest BCUT2D eigenvalue weighted by Crippen LogP contribution is 2.24. The Hall–Kier alpha value is -1.79. The van der Waals surface area contributed by atoms with Gasteiger partial charge in [0, 0.05) is 6.54 Å². The predicted octanol–water partition coefficient (Wildman–Crippen LogP) is 0.250. The first-order valence-electron chi connectivity index (χ1n) is 6.07. The molecular weight excluding hydrogens is 250 g/mol. The summed E-state index contributed by atoms with van der Waals surface area (Å²) in [6, 6.07) is -0.600. The molecule has 0 heterocycles. The number of nitrogens with zero attached hydrogens (tertiary/aromatic N) is 1. The second-order valence-corrected chi connectivity index (χ2v) is 5.67. The van der Waals surface area contributed by atoms with Crippen LogP contribution in [0.1, 0.15) is 27.7 Å². The van der Waals surface area contributed by atoms with Crippen LogP contribution in [-0.2, 0) is 9.59 Å². The van der Waals surface area contributed by atoms with Crippen molar-refractivity contribution in [1.29, 1.82) is 0 Å². The average molecular weight is 273 g/mol. The van der Waals surface area contributed by atoms with E-state index < -0.39 is 31.0 Å². The summed E-state index contributed by atoms with van der Waals surface area (Å²) in [5.41, 5.74) is 5.00. The first-order valence-corrected chi connectivity index (χ1v) is 6.07. The Kier molecular flexibility index (Phi) is 6.31. The third-order valence-electron chi connectivity index (χ3n) is 3.00. The molecule has 4 N–H and O–H groups in total. The number of carboxylic acids is 1. The lowest BCUT2D eigenvalue weighted by molar-refractivity contribution is -0.137. The molecule has 0 saturated heterocycles. The van der Waals surface area contributed by atoms with Crippen molar-refractivity contribution in [2.45, 2.75) is 27.7 Å². The van der Waals surface area contributed by atoms with Gasteiger partial charge in [0.25, 0.3) is 0 Å². The van der Waals surface area contributed by atoms with Crippen LogP contribution in [-0.4, -0.2) is 47.5 Å². The van der Waals surface area contributed by atoms with Gasteiger partial charge in [-0.1, -0.05) is 27.7 Å². The molecule has 0 radical (unpaired) electrons. The third kappa shape index (κ3) is 7.28. The van der Waals surface area contributed by atoms with Crippen molar-refractivity contribution in [2.24, 2.45) is 17.1 Å². The number of hydrogen-bond donors (Lipinski definition) is 3. The van der Waals surface area contributed by atoms with E-state index in [0.717, 1.165) is 4.90 Å². The summed E-state index contributed by atoms with van der Waals surface area (Å²) in [4.78, 5) is 34.1. The van der Waals surface area contributed by atoms with Gasteiger partial charge < -0.3 is 21.1 Å². The molecule has 0 fully saturated rings. The monoisotopic (exact) mass is 273 g/mol. The number of primary amides is 1. The Morgan fingerprint density at radius 3 is 2.16 bits per heavy atom. The number of carbonyl (C=O) groups excluding carboxylic acids is 2. The number of hydrogen-bond acceptors (Lipinski definition) is 3. The highest BCUT2D eigenvalue weighted by Gasteiger charge is 2.23. The summed E-state index contributed by atoms with van der Waals surface area (Å²) in [6.45, 7) is 7.54. The van der Waals surface area contributed by atoms with Crippen molar-refractivity contribution >= 4 is 17.9 Å². The fourth-order valence-corrected chi connectivity index (χ4v) is 1.21. The molecule has 3 amide bonds. The smallest absolute Gasteiger partial charge is 0.323 e. The van der Waals surface area contributed by atoms with Crippen molar-refractivity contribution in [3.05, 3.63) is 0 Å². The summed E-state index contributed by atoms with van der Waals surface area (Å²) in [5, 5.41) is 11.3. The van der Waals surface area contributed by atoms with Crippen molar-refractivity contribution in [3.63, 3.8) is 0 Å². The van der Waals surface area contributed by atoms with Crippen LogP contribution < -0.4 is 11.1 Å². The Bertz CT molecular complexity index is 333. The van der Waals surface area contributed by atoms with E-state index in [0.29, 0.717) is 6.54 Å². The second-order valence-electron chi connectivity index (χ2n) is 5.67. The number of nitrogens with one attached hydrogen (secondary N) is 1. The number of rotatable bonds is 6. The topological polar surface area (TPSA) is 113 Å². The molecule has 7 heteroatoms. The number of nitrogens with two attached hydrogens (primary N) is 1. The maximum Gasteiger partial charge on any atom is 0.323 e. The molecule has 0 saturated carbocycles. The molecule has 0 aliphatic heterocycles. The van der Waals surface area contributed by atoms with Gasteiger partial charge in [0.05, 0.1) is 0 Å². The second kappa shape index (κ2) is 6.96. The van der Waals surface area contributed by atoms with E-state index in [4.69, 9.17) is 10.8 Å². The molecule has 0 aliphatic carbocycles. The van der Waals surface area contributed by atoms with Crippen LogP contribution in [0.5, 0.6) is 0 Å². The van der Waals surface area contributed by atoms with E-state index in [1.807, 2.05) is 27.7 Å². The van der Waals surface area contributed by atoms with Gasteiger partial charge in [-0.15, -0.1) is 0 Å². The normalized spacial score (nSPS) is 12.6. The van der Waals surface area contributed by atoms with Crippen LogP contribution in [0.3, 0.4) is 0 Å². The van der Waals surface area contributed by atoms with Crippen molar-refractivity contribution < 1.29 is 19.5 Å². The SMILES string of the molecule is CC(CNC(=O)N(CC(N)=O)CC(=O)O)C(C)(C)C. The van der Waals surface area contributed by atoms with E-state index in [-0.39, 0.29) is 11.3 Å². The van der Waals surface area contributed by atoms with E-state index in [1.165, 1.54) is 0 Å². The predicted molar refractivity (Wildman–Crippen MR) is 70.4 cm³/mol. The van der Waals surface area contributed by atoms with Crippen LogP contribution >= 0.6 is 0 Å². The van der Waals surface area contributed by atoms with Gasteiger partial charge in [-0.05, 0) is 11.3 Å². The van der Waals surface area contributed by atoms with Crippen LogP contribution in [0.4, 0.5) is 4.79 Å². The van der Waals surface area contributed by atoms with E-state index in [2.05, 4.69) is 5.32 Å². The van der Waals surface area contributed by atoms with E-state index in [9.17, 15) is 14.4 Å². The molecule has 0 rings (SSSR count). The zero-order chi connectivity index (χ0) is 15.2. The molecule has 7 nitrogen and oxygen atoms in total. The van der Waals surface area contributed by atoms with Gasteiger partial charge in [0.1, 0.15) is 13.1 Å². The number of carbonyl (C=O) groups is 3. The van der Waals surface area contributed by atoms with Gasteiger partial charge in [0.2, 0.25) is 5.91 Å².